The Hall–Kier alpha value is -0.170. The molecule has 0 aromatic carbocycles. The predicted octanol–water partition coefficient (Wildman–Crippen LogP) is -0.0997. The quantitative estimate of drug-likeness (QED) is 0.713. The minimum atomic E-state index is -3.34. The van der Waals surface area contributed by atoms with Crippen LogP contribution in [-0.2, 0) is 10.0 Å². The van der Waals surface area contributed by atoms with Gasteiger partial charge in [-0.15, -0.1) is 0 Å². The number of nitrogens with two attached hydrogens (primary N) is 1. The van der Waals surface area contributed by atoms with E-state index in [2.05, 4.69) is 0 Å². The molecule has 1 saturated heterocycles. The van der Waals surface area contributed by atoms with Gasteiger partial charge in [0.2, 0.25) is 10.0 Å². The molecule has 0 amide bonds. The van der Waals surface area contributed by atoms with E-state index in [9.17, 15) is 13.5 Å². The van der Waals surface area contributed by atoms with Crippen molar-refractivity contribution in [2.75, 3.05) is 19.7 Å². The molecule has 1 aliphatic rings. The van der Waals surface area contributed by atoms with Gasteiger partial charge in [0.05, 0.1) is 11.9 Å². The summed E-state index contributed by atoms with van der Waals surface area (Å²) in [5, 5.41) is 8.70. The Morgan fingerprint density at radius 3 is 2.69 bits per heavy atom. The molecule has 2 unspecified atom stereocenters. The normalized spacial score (nSPS) is 25.6. The summed E-state index contributed by atoms with van der Waals surface area (Å²) in [6, 6.07) is -0.251. The second-order valence-electron chi connectivity index (χ2n) is 4.25. The third kappa shape index (κ3) is 2.74. The monoisotopic (exact) mass is 250 g/mol. The van der Waals surface area contributed by atoms with Gasteiger partial charge in [-0.05, 0) is 19.3 Å². The highest BCUT2D eigenvalue weighted by Crippen LogP contribution is 2.23. The summed E-state index contributed by atoms with van der Waals surface area (Å²) in [7, 11) is -3.34. The van der Waals surface area contributed by atoms with Crippen LogP contribution < -0.4 is 5.73 Å². The van der Waals surface area contributed by atoms with Crippen molar-refractivity contribution in [3.63, 3.8) is 0 Å². The first-order valence-electron chi connectivity index (χ1n) is 5.89. The third-order valence-electron chi connectivity index (χ3n) is 3.25. The van der Waals surface area contributed by atoms with Crippen LogP contribution in [0, 0.1) is 0 Å². The fourth-order valence-electron chi connectivity index (χ4n) is 2.18. The van der Waals surface area contributed by atoms with Crippen LogP contribution in [-0.4, -0.2) is 48.8 Å². The lowest BCUT2D eigenvalue weighted by Crippen LogP contribution is -2.50. The van der Waals surface area contributed by atoms with E-state index in [1.165, 1.54) is 4.31 Å². The van der Waals surface area contributed by atoms with Crippen molar-refractivity contribution in [2.24, 2.45) is 5.73 Å². The van der Waals surface area contributed by atoms with Crippen LogP contribution in [0.5, 0.6) is 0 Å². The van der Waals surface area contributed by atoms with Crippen molar-refractivity contribution in [1.82, 2.24) is 4.31 Å². The van der Waals surface area contributed by atoms with Crippen molar-refractivity contribution in [2.45, 2.75) is 43.9 Å². The van der Waals surface area contributed by atoms with Crippen molar-refractivity contribution in [1.29, 1.82) is 0 Å². The summed E-state index contributed by atoms with van der Waals surface area (Å²) < 4.78 is 26.0. The Balaban J connectivity index is 2.87. The first-order chi connectivity index (χ1) is 7.57. The molecule has 0 aromatic heterocycles. The third-order valence-corrected chi connectivity index (χ3v) is 5.75. The number of aliphatic hydroxyl groups is 1. The zero-order valence-corrected chi connectivity index (χ0v) is 10.6. The van der Waals surface area contributed by atoms with Crippen LogP contribution in [0.15, 0.2) is 0 Å². The molecule has 0 aliphatic carbocycles. The first-order valence-corrected chi connectivity index (χ1v) is 7.39. The first kappa shape index (κ1) is 13.9. The average molecular weight is 250 g/mol. The highest BCUT2D eigenvalue weighted by molar-refractivity contribution is 7.89. The fraction of sp³-hybridized carbons (Fsp3) is 1.00. The minimum Gasteiger partial charge on any atom is -0.395 e. The molecule has 0 spiro atoms. The molecule has 1 heterocycles. The van der Waals surface area contributed by atoms with E-state index in [-0.39, 0.29) is 19.2 Å². The van der Waals surface area contributed by atoms with Crippen molar-refractivity contribution >= 4 is 10.0 Å². The highest BCUT2D eigenvalue weighted by Gasteiger charge is 2.35. The molecule has 0 aromatic rings. The minimum absolute atomic E-state index is 0.0970. The maximum atomic E-state index is 12.3. The van der Waals surface area contributed by atoms with E-state index in [0.717, 1.165) is 19.3 Å². The number of hydrogen-bond acceptors (Lipinski definition) is 4. The highest BCUT2D eigenvalue weighted by atomic mass is 32.2. The average Bonchev–Trinajstić information content (AvgIpc) is 2.30. The van der Waals surface area contributed by atoms with Gasteiger partial charge in [-0.1, -0.05) is 13.3 Å². The molecule has 1 fully saturated rings. The standard InChI is InChI=1S/C10H22N2O3S/c1-2-10(7-11)16(14,15)12-6-4-3-5-9(12)8-13/h9-10,13H,2-8,11H2,1H3. The van der Waals surface area contributed by atoms with E-state index in [4.69, 9.17) is 5.73 Å². The van der Waals surface area contributed by atoms with Gasteiger partial charge in [0.15, 0.2) is 0 Å². The van der Waals surface area contributed by atoms with Crippen LogP contribution in [0.4, 0.5) is 0 Å². The molecule has 3 N–H and O–H groups in total. The van der Waals surface area contributed by atoms with E-state index in [1.54, 1.807) is 0 Å². The predicted molar refractivity (Wildman–Crippen MR) is 63.5 cm³/mol. The van der Waals surface area contributed by atoms with Gasteiger partial charge in [0.1, 0.15) is 0 Å². The topological polar surface area (TPSA) is 83.6 Å². The van der Waals surface area contributed by atoms with Crippen LogP contribution in [0.1, 0.15) is 32.6 Å². The van der Waals surface area contributed by atoms with Gasteiger partial charge in [0.25, 0.3) is 0 Å². The van der Waals surface area contributed by atoms with Gasteiger partial charge < -0.3 is 10.8 Å². The molecule has 2 atom stereocenters. The second kappa shape index (κ2) is 5.95. The number of aliphatic hydroxyl groups excluding tert-OH is 1. The van der Waals surface area contributed by atoms with Crippen LogP contribution >= 0.6 is 0 Å². The maximum Gasteiger partial charge on any atom is 0.218 e. The summed E-state index contributed by atoms with van der Waals surface area (Å²) in [5.74, 6) is 0. The van der Waals surface area contributed by atoms with Gasteiger partial charge in [-0.3, -0.25) is 0 Å². The number of rotatable bonds is 5. The number of piperidine rings is 1. The van der Waals surface area contributed by atoms with Gasteiger partial charge in [-0.2, -0.15) is 4.31 Å². The SMILES string of the molecule is CCC(CN)S(=O)(=O)N1CCCCC1CO. The molecule has 1 aliphatic heterocycles. The van der Waals surface area contributed by atoms with Crippen molar-refractivity contribution in [3.8, 4) is 0 Å². The lowest BCUT2D eigenvalue weighted by molar-refractivity contribution is 0.154. The molecular formula is C10H22N2O3S. The summed E-state index contributed by atoms with van der Waals surface area (Å²) in [4.78, 5) is 0. The van der Waals surface area contributed by atoms with Gasteiger partial charge in [0, 0.05) is 19.1 Å². The summed E-state index contributed by atoms with van der Waals surface area (Å²) in [6.45, 7) is 2.39. The number of hydrogen-bond donors (Lipinski definition) is 2. The smallest absolute Gasteiger partial charge is 0.218 e. The Labute approximate surface area is 97.7 Å². The zero-order chi connectivity index (χ0) is 12.2. The Kier molecular flexibility index (Phi) is 5.17. The molecule has 6 heteroatoms. The number of sulfonamides is 1. The largest absolute Gasteiger partial charge is 0.395 e. The van der Waals surface area contributed by atoms with E-state index in [1.807, 2.05) is 6.92 Å². The van der Waals surface area contributed by atoms with Gasteiger partial charge in [-0.25, -0.2) is 8.42 Å². The van der Waals surface area contributed by atoms with Crippen LogP contribution in [0.2, 0.25) is 0 Å². The van der Waals surface area contributed by atoms with Crippen LogP contribution in [0.25, 0.3) is 0 Å². The zero-order valence-electron chi connectivity index (χ0n) is 9.80. The molecule has 16 heavy (non-hydrogen) atoms. The maximum absolute atomic E-state index is 12.3. The van der Waals surface area contributed by atoms with Crippen LogP contribution in [0.3, 0.4) is 0 Å². The Bertz CT molecular complexity index is 301. The molecule has 0 radical (unpaired) electrons. The molecule has 0 saturated carbocycles. The second-order valence-corrected chi connectivity index (χ2v) is 6.42. The fourth-order valence-corrected chi connectivity index (χ4v) is 4.20. The lowest BCUT2D eigenvalue weighted by Gasteiger charge is -2.35. The van der Waals surface area contributed by atoms with Crippen molar-refractivity contribution in [3.05, 3.63) is 0 Å². The molecule has 1 rings (SSSR count). The summed E-state index contributed by atoms with van der Waals surface area (Å²) in [6.07, 6.45) is 3.12. The Morgan fingerprint density at radius 1 is 1.50 bits per heavy atom. The van der Waals surface area contributed by atoms with E-state index in [0.29, 0.717) is 13.0 Å². The van der Waals surface area contributed by atoms with Gasteiger partial charge >= 0.3 is 0 Å². The molecular weight excluding hydrogens is 228 g/mol. The molecule has 96 valence electrons. The molecule has 0 bridgehead atoms. The molecule has 5 nitrogen and oxygen atoms in total. The summed E-state index contributed by atoms with van der Waals surface area (Å²) in [5.41, 5.74) is 5.49. The summed E-state index contributed by atoms with van der Waals surface area (Å²) >= 11 is 0. The van der Waals surface area contributed by atoms with E-state index >= 15 is 0 Å². The number of nitrogens with zero attached hydrogens (tertiary/aromatic N) is 1. The lowest BCUT2D eigenvalue weighted by atomic mass is 10.1. The van der Waals surface area contributed by atoms with E-state index < -0.39 is 15.3 Å². The van der Waals surface area contributed by atoms with Crippen molar-refractivity contribution < 1.29 is 13.5 Å². The Morgan fingerprint density at radius 2 is 2.19 bits per heavy atom.